The third-order valence-corrected chi connectivity index (χ3v) is 2.29. The van der Waals surface area contributed by atoms with Gasteiger partial charge >= 0.3 is 5.97 Å². The number of carbonyl (C=O) groups excluding carboxylic acids is 1. The van der Waals surface area contributed by atoms with E-state index in [9.17, 15) is 15.0 Å². The number of rotatable bonds is 5. The third-order valence-electron chi connectivity index (χ3n) is 1.54. The summed E-state index contributed by atoms with van der Waals surface area (Å²) >= 11 is 3.08. The first-order valence-corrected chi connectivity index (χ1v) is 6.00. The number of aliphatic hydroxyl groups excluding tert-OH is 2. The van der Waals surface area contributed by atoms with Crippen molar-refractivity contribution in [1.29, 1.82) is 0 Å². The number of halogens is 1. The van der Waals surface area contributed by atoms with Gasteiger partial charge in [-0.25, -0.2) is 0 Å². The second-order valence-electron chi connectivity index (χ2n) is 4.49. The Morgan fingerprint density at radius 3 is 2.27 bits per heavy atom. The highest BCUT2D eigenvalue weighted by molar-refractivity contribution is 9.09. The van der Waals surface area contributed by atoms with E-state index in [-0.39, 0.29) is 12.8 Å². The Morgan fingerprint density at radius 2 is 1.87 bits per heavy atom. The maximum atomic E-state index is 11.3. The van der Waals surface area contributed by atoms with Gasteiger partial charge in [-0.1, -0.05) is 15.9 Å². The molecule has 0 saturated heterocycles. The number of alkyl halides is 1. The molecule has 0 saturated carbocycles. The molecule has 0 rings (SSSR count). The van der Waals surface area contributed by atoms with Crippen LogP contribution in [0.4, 0.5) is 0 Å². The van der Waals surface area contributed by atoms with E-state index >= 15 is 0 Å². The predicted octanol–water partition coefficient (Wildman–Crippen LogP) is 1.23. The highest BCUT2D eigenvalue weighted by Gasteiger charge is 2.20. The van der Waals surface area contributed by atoms with Crippen molar-refractivity contribution in [1.82, 2.24) is 0 Å². The molecule has 0 aromatic rings. The van der Waals surface area contributed by atoms with Gasteiger partial charge < -0.3 is 14.9 Å². The van der Waals surface area contributed by atoms with Crippen LogP contribution >= 0.6 is 15.9 Å². The summed E-state index contributed by atoms with van der Waals surface area (Å²) in [6.45, 7) is 5.31. The summed E-state index contributed by atoms with van der Waals surface area (Å²) in [5.74, 6) is -0.447. The van der Waals surface area contributed by atoms with Gasteiger partial charge in [-0.15, -0.1) is 0 Å². The summed E-state index contributed by atoms with van der Waals surface area (Å²) in [5, 5.41) is 19.0. The number of carbonyl (C=O) groups is 1. The molecular weight excluding hydrogens is 264 g/mol. The SMILES string of the molecule is CC(C)(C)OC(=O)CC(O)CC(O)CBr. The van der Waals surface area contributed by atoms with Gasteiger partial charge in [-0.3, -0.25) is 4.79 Å². The Labute approximate surface area is 98.8 Å². The van der Waals surface area contributed by atoms with Crippen molar-refractivity contribution < 1.29 is 19.7 Å². The Hall–Kier alpha value is -0.130. The van der Waals surface area contributed by atoms with Crippen LogP contribution in [0.2, 0.25) is 0 Å². The van der Waals surface area contributed by atoms with Crippen molar-refractivity contribution in [3.05, 3.63) is 0 Å². The van der Waals surface area contributed by atoms with Gasteiger partial charge in [0.2, 0.25) is 0 Å². The van der Waals surface area contributed by atoms with Crippen LogP contribution in [0, 0.1) is 0 Å². The molecule has 0 amide bonds. The number of hydrogen-bond donors (Lipinski definition) is 2. The van der Waals surface area contributed by atoms with Crippen LogP contribution in [0.25, 0.3) is 0 Å². The molecule has 0 heterocycles. The molecule has 15 heavy (non-hydrogen) atoms. The van der Waals surface area contributed by atoms with Crippen molar-refractivity contribution in [3.8, 4) is 0 Å². The zero-order chi connectivity index (χ0) is 12.1. The van der Waals surface area contributed by atoms with E-state index in [0.717, 1.165) is 0 Å². The summed E-state index contributed by atoms with van der Waals surface area (Å²) in [7, 11) is 0. The standard InChI is InChI=1S/C10H19BrO4/c1-10(2,3)15-9(14)5-7(12)4-8(13)6-11/h7-8,12-13H,4-6H2,1-3H3. The molecule has 2 unspecified atom stereocenters. The number of esters is 1. The summed E-state index contributed by atoms with van der Waals surface area (Å²) < 4.78 is 5.03. The molecule has 4 nitrogen and oxygen atoms in total. The molecule has 5 heteroatoms. The Balaban J connectivity index is 3.87. The lowest BCUT2D eigenvalue weighted by atomic mass is 10.1. The Bertz CT molecular complexity index is 200. The molecule has 0 aliphatic carbocycles. The van der Waals surface area contributed by atoms with Gasteiger partial charge in [0.05, 0.1) is 18.6 Å². The molecule has 0 spiro atoms. The van der Waals surface area contributed by atoms with Gasteiger partial charge in [0.15, 0.2) is 0 Å². The first-order chi connectivity index (χ1) is 6.74. The number of aliphatic hydroxyl groups is 2. The summed E-state index contributed by atoms with van der Waals surface area (Å²) in [4.78, 5) is 11.3. The zero-order valence-electron chi connectivity index (χ0n) is 9.36. The molecule has 2 N–H and O–H groups in total. The fraction of sp³-hybridized carbons (Fsp3) is 0.900. The monoisotopic (exact) mass is 282 g/mol. The second kappa shape index (κ2) is 6.45. The minimum Gasteiger partial charge on any atom is -0.460 e. The second-order valence-corrected chi connectivity index (χ2v) is 5.14. The van der Waals surface area contributed by atoms with Crippen molar-refractivity contribution in [2.24, 2.45) is 0 Å². The number of ether oxygens (including phenoxy) is 1. The molecule has 0 aliphatic rings. The van der Waals surface area contributed by atoms with E-state index in [2.05, 4.69) is 15.9 Å². The summed E-state index contributed by atoms with van der Waals surface area (Å²) in [6.07, 6.45) is -1.40. The van der Waals surface area contributed by atoms with Crippen LogP contribution in [-0.2, 0) is 9.53 Å². The number of hydrogen-bond acceptors (Lipinski definition) is 4. The van der Waals surface area contributed by atoms with Crippen LogP contribution in [0.15, 0.2) is 0 Å². The van der Waals surface area contributed by atoms with E-state index in [1.165, 1.54) is 0 Å². The molecule has 0 radical (unpaired) electrons. The molecule has 0 aromatic carbocycles. The van der Waals surface area contributed by atoms with E-state index < -0.39 is 23.8 Å². The Kier molecular flexibility index (Phi) is 6.40. The van der Waals surface area contributed by atoms with E-state index in [1.54, 1.807) is 20.8 Å². The van der Waals surface area contributed by atoms with Crippen LogP contribution in [-0.4, -0.2) is 39.3 Å². The van der Waals surface area contributed by atoms with Crippen molar-refractivity contribution in [2.45, 2.75) is 51.4 Å². The van der Waals surface area contributed by atoms with Crippen LogP contribution in [0.3, 0.4) is 0 Å². The van der Waals surface area contributed by atoms with Gasteiger partial charge in [-0.2, -0.15) is 0 Å². The normalized spacial score (nSPS) is 15.9. The molecule has 0 aromatic heterocycles. The van der Waals surface area contributed by atoms with Crippen molar-refractivity contribution >= 4 is 21.9 Å². The fourth-order valence-corrected chi connectivity index (χ4v) is 1.30. The van der Waals surface area contributed by atoms with Gasteiger partial charge in [0.25, 0.3) is 0 Å². The average Bonchev–Trinajstić information content (AvgIpc) is 1.99. The zero-order valence-corrected chi connectivity index (χ0v) is 11.0. The smallest absolute Gasteiger partial charge is 0.308 e. The third kappa shape index (κ3) is 8.84. The minimum atomic E-state index is -0.854. The van der Waals surface area contributed by atoms with Crippen LogP contribution in [0.1, 0.15) is 33.6 Å². The first-order valence-electron chi connectivity index (χ1n) is 4.88. The molecule has 0 fully saturated rings. The molecular formula is C10H19BrO4. The van der Waals surface area contributed by atoms with E-state index in [4.69, 9.17) is 4.74 Å². The molecule has 90 valence electrons. The average molecular weight is 283 g/mol. The van der Waals surface area contributed by atoms with Gasteiger partial charge in [0, 0.05) is 11.8 Å². The molecule has 2 atom stereocenters. The summed E-state index contributed by atoms with van der Waals surface area (Å²) in [6, 6.07) is 0. The molecule has 0 bridgehead atoms. The topological polar surface area (TPSA) is 66.8 Å². The van der Waals surface area contributed by atoms with Crippen LogP contribution < -0.4 is 0 Å². The highest BCUT2D eigenvalue weighted by atomic mass is 79.9. The summed E-state index contributed by atoms with van der Waals surface area (Å²) in [5.41, 5.74) is -0.537. The highest BCUT2D eigenvalue weighted by Crippen LogP contribution is 2.11. The lowest BCUT2D eigenvalue weighted by molar-refractivity contribution is -0.157. The first kappa shape index (κ1) is 14.9. The van der Waals surface area contributed by atoms with Crippen molar-refractivity contribution in [2.75, 3.05) is 5.33 Å². The van der Waals surface area contributed by atoms with E-state index in [0.29, 0.717) is 5.33 Å². The quantitative estimate of drug-likeness (QED) is 0.588. The predicted molar refractivity (Wildman–Crippen MR) is 60.9 cm³/mol. The Morgan fingerprint density at radius 1 is 1.33 bits per heavy atom. The minimum absolute atomic E-state index is 0.0820. The molecule has 0 aliphatic heterocycles. The lowest BCUT2D eigenvalue weighted by Gasteiger charge is -2.21. The van der Waals surface area contributed by atoms with Crippen molar-refractivity contribution in [3.63, 3.8) is 0 Å². The van der Waals surface area contributed by atoms with Gasteiger partial charge in [-0.05, 0) is 20.8 Å². The lowest BCUT2D eigenvalue weighted by Crippen LogP contribution is -2.28. The maximum Gasteiger partial charge on any atom is 0.308 e. The van der Waals surface area contributed by atoms with Crippen LogP contribution in [0.5, 0.6) is 0 Å². The maximum absolute atomic E-state index is 11.3. The van der Waals surface area contributed by atoms with Gasteiger partial charge in [0.1, 0.15) is 5.60 Å². The fourth-order valence-electron chi connectivity index (χ4n) is 1.04. The van der Waals surface area contributed by atoms with E-state index in [1.807, 2.05) is 0 Å². The largest absolute Gasteiger partial charge is 0.460 e.